The minimum absolute atomic E-state index is 0.00112. The predicted octanol–water partition coefficient (Wildman–Crippen LogP) is 0.967. The molecule has 0 saturated heterocycles. The number of ketones is 2. The number of benzene rings is 1. The zero-order chi connectivity index (χ0) is 20.4. The average molecular weight is 411 g/mol. The van der Waals surface area contributed by atoms with Gasteiger partial charge in [0.2, 0.25) is 5.95 Å². The lowest BCUT2D eigenvalue weighted by Crippen LogP contribution is -2.28. The van der Waals surface area contributed by atoms with Crippen LogP contribution in [-0.2, 0) is 19.6 Å². The van der Waals surface area contributed by atoms with Gasteiger partial charge in [-0.2, -0.15) is 0 Å². The van der Waals surface area contributed by atoms with Crippen molar-refractivity contribution in [3.05, 3.63) is 66.0 Å². The number of anilines is 2. The number of allylic oxidation sites excluding steroid dienone is 2. The number of nitrogens with one attached hydrogen (secondary N) is 2. The van der Waals surface area contributed by atoms with E-state index in [4.69, 9.17) is 0 Å². The van der Waals surface area contributed by atoms with Crippen molar-refractivity contribution < 1.29 is 18.0 Å². The molecule has 0 amide bonds. The molecule has 2 aromatic rings. The molecule has 10 heteroatoms. The normalized spacial score (nSPS) is 16.8. The van der Waals surface area contributed by atoms with Gasteiger partial charge in [0.05, 0.1) is 11.6 Å². The average Bonchev–Trinajstić information content (AvgIpc) is 3.16. The number of rotatable bonds is 6. The third-order valence-corrected chi connectivity index (χ3v) is 5.92. The van der Waals surface area contributed by atoms with Crippen molar-refractivity contribution in [2.45, 2.75) is 4.90 Å². The van der Waals surface area contributed by atoms with Gasteiger partial charge in [-0.05, 0) is 42.5 Å². The molecule has 2 N–H and O–H groups in total. The fourth-order valence-corrected chi connectivity index (χ4v) is 4.06. The predicted molar refractivity (Wildman–Crippen MR) is 106 cm³/mol. The molecular formula is C19H17N5O4S. The third-order valence-electron chi connectivity index (χ3n) is 4.57. The maximum Gasteiger partial charge on any atom is 0.264 e. The lowest BCUT2D eigenvalue weighted by Gasteiger charge is -2.17. The summed E-state index contributed by atoms with van der Waals surface area (Å²) in [4.78, 5) is 33.5. The van der Waals surface area contributed by atoms with E-state index in [1.807, 2.05) is 4.90 Å². The van der Waals surface area contributed by atoms with Crippen LogP contribution in [0.1, 0.15) is 0 Å². The Morgan fingerprint density at radius 1 is 0.931 bits per heavy atom. The zero-order valence-electron chi connectivity index (χ0n) is 15.2. The summed E-state index contributed by atoms with van der Waals surface area (Å²) in [6, 6.07) is 7.81. The molecule has 1 aromatic heterocycles. The number of sulfonamides is 1. The minimum atomic E-state index is -3.79. The van der Waals surface area contributed by atoms with Gasteiger partial charge in [0.1, 0.15) is 0 Å². The fourth-order valence-electron chi connectivity index (χ4n) is 3.10. The Morgan fingerprint density at radius 2 is 1.52 bits per heavy atom. The van der Waals surface area contributed by atoms with Crippen LogP contribution in [0, 0.1) is 0 Å². The second-order valence-electron chi connectivity index (χ2n) is 6.54. The molecule has 0 saturated carbocycles. The first kappa shape index (κ1) is 19.0. The molecule has 2 heterocycles. The Morgan fingerprint density at radius 3 is 2.10 bits per heavy atom. The van der Waals surface area contributed by atoms with Gasteiger partial charge < -0.3 is 5.32 Å². The van der Waals surface area contributed by atoms with Gasteiger partial charge in [-0.25, -0.2) is 23.1 Å². The summed E-state index contributed by atoms with van der Waals surface area (Å²) >= 11 is 0. The molecule has 1 aromatic carbocycles. The first-order chi connectivity index (χ1) is 13.9. The van der Waals surface area contributed by atoms with Crippen LogP contribution in [0.4, 0.5) is 11.6 Å². The van der Waals surface area contributed by atoms with Gasteiger partial charge >= 0.3 is 0 Å². The quantitative estimate of drug-likeness (QED) is 0.675. The summed E-state index contributed by atoms with van der Waals surface area (Å²) < 4.78 is 27.1. The second kappa shape index (κ2) is 7.57. The van der Waals surface area contributed by atoms with Gasteiger partial charge in [-0.15, -0.1) is 0 Å². The summed E-state index contributed by atoms with van der Waals surface area (Å²) in [5.74, 6) is -0.239. The highest BCUT2D eigenvalue weighted by atomic mass is 32.2. The van der Waals surface area contributed by atoms with E-state index < -0.39 is 10.0 Å². The molecule has 148 valence electrons. The first-order valence-electron chi connectivity index (χ1n) is 8.77. The highest BCUT2D eigenvalue weighted by molar-refractivity contribution is 7.92. The number of hydrogen-bond donors (Lipinski definition) is 2. The Bertz CT molecular complexity index is 1090. The molecular weight excluding hydrogens is 394 g/mol. The SMILES string of the molecule is O=C1C=CC(=O)C2=C1CN(CNc1ccc(S(=O)(=O)Nc3ncccn3)cc1)C2. The molecule has 1 aliphatic heterocycles. The van der Waals surface area contributed by atoms with Crippen LogP contribution in [0.5, 0.6) is 0 Å². The van der Waals surface area contributed by atoms with Gasteiger partial charge in [-0.3, -0.25) is 14.5 Å². The van der Waals surface area contributed by atoms with Crippen LogP contribution in [0.3, 0.4) is 0 Å². The number of carbonyl (C=O) groups excluding carboxylic acids is 2. The summed E-state index contributed by atoms with van der Waals surface area (Å²) in [7, 11) is -3.79. The van der Waals surface area contributed by atoms with Crippen LogP contribution >= 0.6 is 0 Å². The molecule has 4 rings (SSSR count). The van der Waals surface area contributed by atoms with Crippen LogP contribution in [0.25, 0.3) is 0 Å². The number of carbonyl (C=O) groups is 2. The Kier molecular flexibility index (Phi) is 4.95. The molecule has 0 atom stereocenters. The zero-order valence-corrected chi connectivity index (χ0v) is 16.0. The van der Waals surface area contributed by atoms with Crippen molar-refractivity contribution in [1.29, 1.82) is 0 Å². The second-order valence-corrected chi connectivity index (χ2v) is 8.23. The molecule has 1 aliphatic carbocycles. The largest absolute Gasteiger partial charge is 0.372 e. The molecule has 0 fully saturated rings. The summed E-state index contributed by atoms with van der Waals surface area (Å²) in [6.45, 7) is 1.23. The maximum atomic E-state index is 12.4. The van der Waals surface area contributed by atoms with E-state index in [-0.39, 0.29) is 22.4 Å². The molecule has 29 heavy (non-hydrogen) atoms. The number of nitrogens with zero attached hydrogens (tertiary/aromatic N) is 3. The van der Waals surface area contributed by atoms with Crippen molar-refractivity contribution in [3.63, 3.8) is 0 Å². The summed E-state index contributed by atoms with van der Waals surface area (Å²) in [6.07, 6.45) is 5.51. The van der Waals surface area contributed by atoms with E-state index in [9.17, 15) is 18.0 Å². The van der Waals surface area contributed by atoms with Crippen LogP contribution in [-0.4, -0.2) is 54.6 Å². The van der Waals surface area contributed by atoms with Crippen LogP contribution < -0.4 is 10.0 Å². The Labute approximate surface area is 167 Å². The lowest BCUT2D eigenvalue weighted by molar-refractivity contribution is -0.115. The Balaban J connectivity index is 1.36. The smallest absolute Gasteiger partial charge is 0.264 e. The molecule has 2 aliphatic rings. The molecule has 0 unspecified atom stereocenters. The number of hydrogen-bond acceptors (Lipinski definition) is 8. The van der Waals surface area contributed by atoms with Crippen molar-refractivity contribution in [1.82, 2.24) is 14.9 Å². The van der Waals surface area contributed by atoms with E-state index in [0.717, 1.165) is 0 Å². The topological polar surface area (TPSA) is 121 Å². The Hall–Kier alpha value is -3.37. The standard InChI is InChI=1S/C19H17N5O4S/c25-17-6-7-18(26)16-11-24(10-15(16)17)12-22-13-2-4-14(5-3-13)29(27,28)23-19-20-8-1-9-21-19/h1-9,22H,10-12H2,(H,20,21,23). The summed E-state index contributed by atoms with van der Waals surface area (Å²) in [5.41, 5.74) is 1.81. The number of aromatic nitrogens is 2. The molecule has 0 radical (unpaired) electrons. The maximum absolute atomic E-state index is 12.4. The highest BCUT2D eigenvalue weighted by Gasteiger charge is 2.30. The molecule has 9 nitrogen and oxygen atoms in total. The van der Waals surface area contributed by atoms with Crippen molar-refractivity contribution in [3.8, 4) is 0 Å². The van der Waals surface area contributed by atoms with E-state index in [1.165, 1.54) is 36.7 Å². The van der Waals surface area contributed by atoms with Gasteiger partial charge in [0, 0.05) is 42.3 Å². The van der Waals surface area contributed by atoms with Gasteiger partial charge in [0.25, 0.3) is 10.0 Å². The lowest BCUT2D eigenvalue weighted by atomic mass is 9.98. The van der Waals surface area contributed by atoms with E-state index >= 15 is 0 Å². The third kappa shape index (κ3) is 4.08. The van der Waals surface area contributed by atoms with Crippen LogP contribution in [0.2, 0.25) is 0 Å². The van der Waals surface area contributed by atoms with Gasteiger partial charge in [-0.1, -0.05) is 0 Å². The molecule has 0 bridgehead atoms. The van der Waals surface area contributed by atoms with E-state index in [1.54, 1.807) is 18.2 Å². The minimum Gasteiger partial charge on any atom is -0.372 e. The highest BCUT2D eigenvalue weighted by Crippen LogP contribution is 2.23. The van der Waals surface area contributed by atoms with Crippen molar-refractivity contribution in [2.24, 2.45) is 0 Å². The van der Waals surface area contributed by atoms with E-state index in [2.05, 4.69) is 20.0 Å². The fraction of sp³-hybridized carbons (Fsp3) is 0.158. The van der Waals surface area contributed by atoms with Gasteiger partial charge in [0.15, 0.2) is 11.6 Å². The molecule has 0 spiro atoms. The summed E-state index contributed by atoms with van der Waals surface area (Å²) in [5, 5.41) is 3.17. The monoisotopic (exact) mass is 411 g/mol. The first-order valence-corrected chi connectivity index (χ1v) is 10.3. The van der Waals surface area contributed by atoms with Crippen molar-refractivity contribution >= 4 is 33.2 Å². The van der Waals surface area contributed by atoms with Crippen molar-refractivity contribution in [2.75, 3.05) is 29.8 Å². The van der Waals surface area contributed by atoms with Crippen LogP contribution in [0.15, 0.2) is 70.9 Å². The van der Waals surface area contributed by atoms with E-state index in [0.29, 0.717) is 36.6 Å².